The number of anilines is 1. The second-order valence-corrected chi connectivity index (χ2v) is 8.45. The molecule has 0 aliphatic carbocycles. The Kier molecular flexibility index (Phi) is 6.45. The number of halogens is 2. The quantitative estimate of drug-likeness (QED) is 0.262. The van der Waals surface area contributed by atoms with Crippen LogP contribution in [-0.2, 0) is 9.59 Å². The lowest BCUT2D eigenvalue weighted by atomic mass is 9.95. The van der Waals surface area contributed by atoms with Gasteiger partial charge in [0, 0.05) is 11.3 Å². The van der Waals surface area contributed by atoms with E-state index < -0.39 is 17.7 Å². The molecule has 0 radical (unpaired) electrons. The number of benzene rings is 3. The second-order valence-electron chi connectivity index (χ2n) is 7.64. The molecular formula is C26H21Cl2NO4. The topological polar surface area (TPSA) is 66.8 Å². The molecule has 1 unspecified atom stereocenters. The average molecular weight is 482 g/mol. The maximum Gasteiger partial charge on any atom is 0.300 e. The van der Waals surface area contributed by atoms with E-state index >= 15 is 0 Å². The maximum atomic E-state index is 13.2. The van der Waals surface area contributed by atoms with Gasteiger partial charge < -0.3 is 9.84 Å². The third-order valence-corrected chi connectivity index (χ3v) is 6.17. The van der Waals surface area contributed by atoms with E-state index in [4.69, 9.17) is 27.9 Å². The van der Waals surface area contributed by atoms with Crippen LogP contribution in [0.1, 0.15) is 29.7 Å². The summed E-state index contributed by atoms with van der Waals surface area (Å²) in [6, 6.07) is 18.0. The summed E-state index contributed by atoms with van der Waals surface area (Å²) >= 11 is 12.4. The van der Waals surface area contributed by atoms with Crippen LogP contribution in [0.15, 0.2) is 72.3 Å². The first-order chi connectivity index (χ1) is 15.8. The molecule has 0 spiro atoms. The van der Waals surface area contributed by atoms with Crippen LogP contribution < -0.4 is 9.64 Å². The third kappa shape index (κ3) is 4.34. The van der Waals surface area contributed by atoms with Crippen molar-refractivity contribution in [2.45, 2.75) is 19.9 Å². The monoisotopic (exact) mass is 481 g/mol. The molecule has 3 aromatic carbocycles. The summed E-state index contributed by atoms with van der Waals surface area (Å²) in [5.74, 6) is -1.27. The molecule has 1 aliphatic rings. The van der Waals surface area contributed by atoms with Crippen molar-refractivity contribution in [1.82, 2.24) is 0 Å². The van der Waals surface area contributed by atoms with E-state index in [1.165, 1.54) is 4.90 Å². The van der Waals surface area contributed by atoms with Crippen LogP contribution in [0.4, 0.5) is 5.69 Å². The van der Waals surface area contributed by atoms with E-state index in [9.17, 15) is 14.7 Å². The molecule has 4 rings (SSSR count). The van der Waals surface area contributed by atoms with Gasteiger partial charge in [0.25, 0.3) is 11.7 Å². The zero-order valence-electron chi connectivity index (χ0n) is 18.0. The van der Waals surface area contributed by atoms with Crippen LogP contribution in [0.2, 0.25) is 10.0 Å². The molecule has 7 heteroatoms. The molecule has 33 heavy (non-hydrogen) atoms. The van der Waals surface area contributed by atoms with Gasteiger partial charge in [-0.25, -0.2) is 0 Å². The van der Waals surface area contributed by atoms with Crippen molar-refractivity contribution >= 4 is 46.3 Å². The highest BCUT2D eigenvalue weighted by Gasteiger charge is 2.47. The molecule has 1 aliphatic heterocycles. The molecular weight excluding hydrogens is 461 g/mol. The lowest BCUT2D eigenvalue weighted by molar-refractivity contribution is -0.132. The van der Waals surface area contributed by atoms with Crippen LogP contribution in [-0.4, -0.2) is 23.4 Å². The maximum absolute atomic E-state index is 13.2. The van der Waals surface area contributed by atoms with Gasteiger partial charge in [0.1, 0.15) is 11.5 Å². The van der Waals surface area contributed by atoms with Gasteiger partial charge in [-0.1, -0.05) is 59.1 Å². The standard InChI is InChI=1S/C26H21Cl2NO4/c1-3-33-19-6-4-5-17(13-19)24(30)22-23(16-9-12-20(27)21(28)14-16)29(26(32)25(22)31)18-10-7-15(2)8-11-18/h4-14,23,30H,3H2,1-2H3/b24-22-. The highest BCUT2D eigenvalue weighted by atomic mass is 35.5. The Balaban J connectivity index is 1.94. The summed E-state index contributed by atoms with van der Waals surface area (Å²) < 4.78 is 5.52. The average Bonchev–Trinajstić information content (AvgIpc) is 3.07. The number of carbonyl (C=O) groups is 2. The largest absolute Gasteiger partial charge is 0.507 e. The first-order valence-corrected chi connectivity index (χ1v) is 11.1. The van der Waals surface area contributed by atoms with Gasteiger partial charge >= 0.3 is 0 Å². The Morgan fingerprint density at radius 2 is 1.73 bits per heavy atom. The zero-order chi connectivity index (χ0) is 23.7. The number of hydrogen-bond acceptors (Lipinski definition) is 4. The predicted molar refractivity (Wildman–Crippen MR) is 130 cm³/mol. The lowest BCUT2D eigenvalue weighted by Crippen LogP contribution is -2.29. The fourth-order valence-electron chi connectivity index (χ4n) is 3.86. The molecule has 3 aromatic rings. The predicted octanol–water partition coefficient (Wildman–Crippen LogP) is 6.33. The molecule has 0 aromatic heterocycles. The summed E-state index contributed by atoms with van der Waals surface area (Å²) in [5.41, 5.74) is 2.42. The van der Waals surface area contributed by atoms with Crippen LogP contribution in [0.3, 0.4) is 0 Å². The van der Waals surface area contributed by atoms with Crippen LogP contribution in [0.25, 0.3) is 5.76 Å². The van der Waals surface area contributed by atoms with E-state index in [-0.39, 0.29) is 16.4 Å². The van der Waals surface area contributed by atoms with E-state index in [0.29, 0.717) is 34.2 Å². The minimum absolute atomic E-state index is 0.0346. The van der Waals surface area contributed by atoms with Gasteiger partial charge in [0.15, 0.2) is 0 Å². The van der Waals surface area contributed by atoms with Crippen molar-refractivity contribution in [3.8, 4) is 5.75 Å². The number of ether oxygens (including phenoxy) is 1. The van der Waals surface area contributed by atoms with Crippen molar-refractivity contribution in [2.75, 3.05) is 11.5 Å². The molecule has 0 saturated carbocycles. The third-order valence-electron chi connectivity index (χ3n) is 5.43. The second kappa shape index (κ2) is 9.30. The fourth-order valence-corrected chi connectivity index (χ4v) is 4.16. The van der Waals surface area contributed by atoms with E-state index in [1.807, 2.05) is 26.0 Å². The normalized spacial score (nSPS) is 17.5. The van der Waals surface area contributed by atoms with E-state index in [0.717, 1.165) is 5.56 Å². The first-order valence-electron chi connectivity index (χ1n) is 10.4. The van der Waals surface area contributed by atoms with Gasteiger partial charge in [-0.2, -0.15) is 0 Å². The Morgan fingerprint density at radius 3 is 2.39 bits per heavy atom. The minimum atomic E-state index is -0.891. The highest BCUT2D eigenvalue weighted by Crippen LogP contribution is 2.43. The first kappa shape index (κ1) is 22.9. The van der Waals surface area contributed by atoms with Gasteiger partial charge in [0.05, 0.1) is 28.3 Å². The van der Waals surface area contributed by atoms with E-state index in [2.05, 4.69) is 0 Å². The van der Waals surface area contributed by atoms with Crippen LogP contribution in [0.5, 0.6) is 5.75 Å². The van der Waals surface area contributed by atoms with Gasteiger partial charge in [-0.3, -0.25) is 14.5 Å². The Morgan fingerprint density at radius 1 is 1.00 bits per heavy atom. The fraction of sp³-hybridized carbons (Fsp3) is 0.154. The van der Waals surface area contributed by atoms with Gasteiger partial charge in [-0.05, 0) is 55.8 Å². The molecule has 1 saturated heterocycles. The van der Waals surface area contributed by atoms with Crippen molar-refractivity contribution in [2.24, 2.45) is 0 Å². The number of aliphatic hydroxyl groups excluding tert-OH is 1. The minimum Gasteiger partial charge on any atom is -0.507 e. The number of nitrogens with zero attached hydrogens (tertiary/aromatic N) is 1. The number of carbonyl (C=O) groups excluding carboxylic acids is 2. The van der Waals surface area contributed by atoms with Crippen molar-refractivity contribution in [3.63, 3.8) is 0 Å². The molecule has 1 N–H and O–H groups in total. The summed E-state index contributed by atoms with van der Waals surface area (Å²) in [6.07, 6.45) is 0. The summed E-state index contributed by atoms with van der Waals surface area (Å²) in [7, 11) is 0. The molecule has 0 bridgehead atoms. The van der Waals surface area contributed by atoms with Crippen molar-refractivity contribution in [1.29, 1.82) is 0 Å². The van der Waals surface area contributed by atoms with E-state index in [1.54, 1.807) is 54.6 Å². The lowest BCUT2D eigenvalue weighted by Gasteiger charge is -2.26. The smallest absolute Gasteiger partial charge is 0.300 e. The number of Topliss-reactive ketones (excluding diaryl/α,β-unsaturated/α-hetero) is 1. The molecule has 1 fully saturated rings. The molecule has 1 amide bonds. The number of aliphatic hydroxyl groups is 1. The Labute approximate surface area is 201 Å². The zero-order valence-corrected chi connectivity index (χ0v) is 19.5. The van der Waals surface area contributed by atoms with Crippen LogP contribution in [0, 0.1) is 6.92 Å². The van der Waals surface area contributed by atoms with Gasteiger partial charge in [-0.15, -0.1) is 0 Å². The Hall–Kier alpha value is -3.28. The number of rotatable bonds is 5. The Bertz CT molecular complexity index is 1270. The number of aryl methyl sites for hydroxylation is 1. The van der Waals surface area contributed by atoms with Crippen molar-refractivity contribution in [3.05, 3.63) is 99.0 Å². The molecule has 5 nitrogen and oxygen atoms in total. The highest BCUT2D eigenvalue weighted by molar-refractivity contribution is 6.51. The summed E-state index contributed by atoms with van der Waals surface area (Å²) in [5, 5.41) is 11.9. The molecule has 1 heterocycles. The summed E-state index contributed by atoms with van der Waals surface area (Å²) in [4.78, 5) is 27.8. The number of hydrogen-bond donors (Lipinski definition) is 1. The van der Waals surface area contributed by atoms with Gasteiger partial charge in [0.2, 0.25) is 0 Å². The van der Waals surface area contributed by atoms with Crippen molar-refractivity contribution < 1.29 is 19.4 Å². The SMILES string of the molecule is CCOc1cccc(/C(O)=C2/C(=O)C(=O)N(c3ccc(C)cc3)C2c2ccc(Cl)c(Cl)c2)c1. The molecule has 168 valence electrons. The summed E-state index contributed by atoms with van der Waals surface area (Å²) in [6.45, 7) is 4.23. The number of ketones is 1. The molecule has 1 atom stereocenters. The number of amides is 1. The van der Waals surface area contributed by atoms with Crippen LogP contribution >= 0.6 is 23.2 Å².